The van der Waals surface area contributed by atoms with Crippen LogP contribution in [0, 0.1) is 13.8 Å². The molecule has 2 aromatic carbocycles. The summed E-state index contributed by atoms with van der Waals surface area (Å²) < 4.78 is 5.62. The van der Waals surface area contributed by atoms with Crippen LogP contribution in [0.1, 0.15) is 33.9 Å². The van der Waals surface area contributed by atoms with Gasteiger partial charge in [-0.2, -0.15) is 0 Å². The van der Waals surface area contributed by atoms with Crippen LogP contribution in [0.4, 0.5) is 0 Å². The Hall–Kier alpha value is -4.19. The third-order valence-corrected chi connectivity index (χ3v) is 5.81. The van der Waals surface area contributed by atoms with E-state index in [0.717, 1.165) is 22.3 Å². The number of rotatable bonds is 7. The van der Waals surface area contributed by atoms with Crippen molar-refractivity contribution >= 4 is 17.4 Å². The lowest BCUT2D eigenvalue weighted by atomic mass is 9.94. The van der Waals surface area contributed by atoms with Crippen LogP contribution in [0.15, 0.2) is 85.2 Å². The minimum atomic E-state index is -0.724. The summed E-state index contributed by atoms with van der Waals surface area (Å²) >= 11 is 0. The molecule has 0 radical (unpaired) electrons. The topological polar surface area (TPSA) is 79.7 Å². The smallest absolute Gasteiger partial charge is 0.295 e. The van der Waals surface area contributed by atoms with E-state index in [1.165, 1.54) is 4.90 Å². The van der Waals surface area contributed by atoms with E-state index < -0.39 is 17.7 Å². The van der Waals surface area contributed by atoms with Gasteiger partial charge in [0.2, 0.25) is 0 Å². The fourth-order valence-corrected chi connectivity index (χ4v) is 4.09. The van der Waals surface area contributed by atoms with Crippen LogP contribution in [0.25, 0.3) is 5.76 Å². The Morgan fingerprint density at radius 2 is 1.91 bits per heavy atom. The molecule has 3 aromatic rings. The highest BCUT2D eigenvalue weighted by atomic mass is 16.5. The van der Waals surface area contributed by atoms with Crippen LogP contribution in [0.2, 0.25) is 0 Å². The van der Waals surface area contributed by atoms with Crippen molar-refractivity contribution in [2.45, 2.75) is 26.4 Å². The monoisotopic (exact) mass is 454 g/mol. The highest BCUT2D eigenvalue weighted by Gasteiger charge is 2.46. The number of nitrogens with zero attached hydrogens (tertiary/aromatic N) is 2. The molecule has 0 aliphatic carbocycles. The molecule has 2 heterocycles. The van der Waals surface area contributed by atoms with Crippen molar-refractivity contribution in [2.75, 3.05) is 6.61 Å². The van der Waals surface area contributed by atoms with Crippen LogP contribution in [0.5, 0.6) is 5.75 Å². The number of pyridine rings is 1. The molecule has 34 heavy (non-hydrogen) atoms. The molecular weight excluding hydrogens is 428 g/mol. The predicted octanol–water partition coefficient (Wildman–Crippen LogP) is 4.89. The van der Waals surface area contributed by atoms with Crippen LogP contribution in [-0.4, -0.2) is 33.3 Å². The van der Waals surface area contributed by atoms with Crippen LogP contribution in [-0.2, 0) is 16.1 Å². The first-order valence-electron chi connectivity index (χ1n) is 11.0. The van der Waals surface area contributed by atoms with Gasteiger partial charge in [0.25, 0.3) is 11.7 Å². The molecule has 0 saturated carbocycles. The first-order chi connectivity index (χ1) is 16.4. The van der Waals surface area contributed by atoms with Gasteiger partial charge in [-0.15, -0.1) is 0 Å². The Balaban J connectivity index is 1.81. The molecule has 0 spiro atoms. The average Bonchev–Trinajstić information content (AvgIpc) is 3.09. The second-order valence-corrected chi connectivity index (χ2v) is 8.28. The Labute approximate surface area is 198 Å². The molecule has 4 rings (SSSR count). The van der Waals surface area contributed by atoms with Crippen LogP contribution >= 0.6 is 0 Å². The zero-order chi connectivity index (χ0) is 24.2. The molecule has 6 nitrogen and oxygen atoms in total. The van der Waals surface area contributed by atoms with Gasteiger partial charge >= 0.3 is 0 Å². The molecule has 1 saturated heterocycles. The Bertz CT molecular complexity index is 1260. The molecule has 1 N–H and O–H groups in total. The van der Waals surface area contributed by atoms with Crippen LogP contribution in [0.3, 0.4) is 0 Å². The Morgan fingerprint density at radius 3 is 2.56 bits per heavy atom. The number of Topliss-reactive ketones (excluding diaryl/α,β-unsaturated/α-hetero) is 1. The zero-order valence-electron chi connectivity index (χ0n) is 19.2. The number of aliphatic hydroxyl groups excluding tert-OH is 1. The highest BCUT2D eigenvalue weighted by Crippen LogP contribution is 2.40. The van der Waals surface area contributed by atoms with E-state index >= 15 is 0 Å². The number of ether oxygens (including phenoxy) is 1. The largest absolute Gasteiger partial charge is 0.507 e. The average molecular weight is 455 g/mol. The predicted molar refractivity (Wildman–Crippen MR) is 130 cm³/mol. The molecular formula is C28H26N2O4. The summed E-state index contributed by atoms with van der Waals surface area (Å²) in [6.07, 6.45) is 4.97. The Kier molecular flexibility index (Phi) is 6.59. The Morgan fingerprint density at radius 1 is 1.15 bits per heavy atom. The fourth-order valence-electron chi connectivity index (χ4n) is 4.09. The van der Waals surface area contributed by atoms with Gasteiger partial charge in [-0.05, 0) is 54.8 Å². The SMILES string of the molecule is C=CCOc1ccc(/C(O)=C2/C(=O)C(=O)N(Cc3cccnc3)C2c2ccc(C)cc2)cc1C. The van der Waals surface area contributed by atoms with E-state index in [-0.39, 0.29) is 17.9 Å². The number of aromatic nitrogens is 1. The lowest BCUT2D eigenvalue weighted by Gasteiger charge is -2.25. The first kappa shape index (κ1) is 23.0. The second-order valence-electron chi connectivity index (χ2n) is 8.28. The number of ketones is 1. The fraction of sp³-hybridized carbons (Fsp3) is 0.179. The minimum absolute atomic E-state index is 0.0666. The number of benzene rings is 2. The van der Waals surface area contributed by atoms with Crippen molar-refractivity contribution in [2.24, 2.45) is 0 Å². The number of amides is 1. The van der Waals surface area contributed by atoms with Crippen LogP contribution < -0.4 is 4.74 Å². The van der Waals surface area contributed by atoms with E-state index in [2.05, 4.69) is 11.6 Å². The van der Waals surface area contributed by atoms with E-state index in [1.54, 1.807) is 42.7 Å². The van der Waals surface area contributed by atoms with Gasteiger partial charge in [0, 0.05) is 24.5 Å². The van der Waals surface area contributed by atoms with E-state index in [9.17, 15) is 14.7 Å². The standard InChI is InChI=1S/C28H26N2O4/c1-4-14-34-23-12-11-22(15-19(23)3)26(31)24-25(21-9-7-18(2)8-10-21)30(28(33)27(24)32)17-20-6-5-13-29-16-20/h4-13,15-16,25,31H,1,14,17H2,2-3H3/b26-24-. The number of aliphatic hydroxyl groups is 1. The number of hydrogen-bond donors (Lipinski definition) is 1. The lowest BCUT2D eigenvalue weighted by molar-refractivity contribution is -0.140. The maximum Gasteiger partial charge on any atom is 0.295 e. The molecule has 172 valence electrons. The van der Waals surface area contributed by atoms with Gasteiger partial charge in [0.1, 0.15) is 18.1 Å². The number of hydrogen-bond acceptors (Lipinski definition) is 5. The normalized spacial score (nSPS) is 17.1. The number of aryl methyl sites for hydroxylation is 2. The quantitative estimate of drug-likeness (QED) is 0.238. The summed E-state index contributed by atoms with van der Waals surface area (Å²) in [6.45, 7) is 8.03. The molecule has 1 fully saturated rings. The van der Waals surface area contributed by atoms with Crippen molar-refractivity contribution in [3.05, 3.63) is 113 Å². The van der Waals surface area contributed by atoms with Gasteiger partial charge in [-0.1, -0.05) is 48.6 Å². The first-order valence-corrected chi connectivity index (χ1v) is 11.0. The molecule has 1 unspecified atom stereocenters. The molecule has 0 bridgehead atoms. The molecule has 1 amide bonds. The van der Waals surface area contributed by atoms with Crippen molar-refractivity contribution in [1.29, 1.82) is 0 Å². The molecule has 6 heteroatoms. The summed E-state index contributed by atoms with van der Waals surface area (Å²) in [7, 11) is 0. The van der Waals surface area contributed by atoms with E-state index in [0.29, 0.717) is 17.9 Å². The third kappa shape index (κ3) is 4.48. The molecule has 1 aromatic heterocycles. The maximum atomic E-state index is 13.2. The summed E-state index contributed by atoms with van der Waals surface area (Å²) in [5, 5.41) is 11.3. The summed E-state index contributed by atoms with van der Waals surface area (Å²) in [6, 6.07) is 15.7. The third-order valence-electron chi connectivity index (χ3n) is 5.81. The van der Waals surface area contributed by atoms with Crippen molar-refractivity contribution < 1.29 is 19.4 Å². The lowest BCUT2D eigenvalue weighted by Crippen LogP contribution is -2.29. The van der Waals surface area contributed by atoms with Gasteiger partial charge in [-0.25, -0.2) is 0 Å². The van der Waals surface area contributed by atoms with Gasteiger partial charge in [0.15, 0.2) is 0 Å². The van der Waals surface area contributed by atoms with Gasteiger partial charge < -0.3 is 14.7 Å². The second kappa shape index (κ2) is 9.75. The van der Waals surface area contributed by atoms with Gasteiger partial charge in [0.05, 0.1) is 11.6 Å². The maximum absolute atomic E-state index is 13.2. The summed E-state index contributed by atoms with van der Waals surface area (Å²) in [5.41, 5.74) is 3.90. The summed E-state index contributed by atoms with van der Waals surface area (Å²) in [5.74, 6) is -0.921. The van der Waals surface area contributed by atoms with E-state index in [4.69, 9.17) is 4.74 Å². The number of carbonyl (C=O) groups is 2. The van der Waals surface area contributed by atoms with Crippen molar-refractivity contribution in [3.63, 3.8) is 0 Å². The molecule has 1 aliphatic rings. The van der Waals surface area contributed by atoms with E-state index in [1.807, 2.05) is 44.2 Å². The van der Waals surface area contributed by atoms with Crippen molar-refractivity contribution in [3.8, 4) is 5.75 Å². The van der Waals surface area contributed by atoms with Crippen molar-refractivity contribution in [1.82, 2.24) is 9.88 Å². The summed E-state index contributed by atoms with van der Waals surface area (Å²) in [4.78, 5) is 31.9. The highest BCUT2D eigenvalue weighted by molar-refractivity contribution is 6.46. The minimum Gasteiger partial charge on any atom is -0.507 e. The van der Waals surface area contributed by atoms with Gasteiger partial charge in [-0.3, -0.25) is 14.6 Å². The number of carbonyl (C=O) groups excluding carboxylic acids is 2. The molecule has 1 atom stereocenters. The molecule has 1 aliphatic heterocycles. The zero-order valence-corrected chi connectivity index (χ0v) is 19.2. The number of likely N-dealkylation sites (tertiary alicyclic amines) is 1.